The van der Waals surface area contributed by atoms with Crippen molar-refractivity contribution in [1.82, 2.24) is 4.57 Å². The Morgan fingerprint density at radius 2 is 1.41 bits per heavy atom. The van der Waals surface area contributed by atoms with Crippen molar-refractivity contribution >= 4 is 59.0 Å². The van der Waals surface area contributed by atoms with Crippen LogP contribution in [0, 0.1) is 10.4 Å². The number of fused-ring (bicyclic) bond motifs is 5. The zero-order valence-electron chi connectivity index (χ0n) is 22.1. The van der Waals surface area contributed by atoms with Gasteiger partial charge in [0.1, 0.15) is 11.5 Å². The van der Waals surface area contributed by atoms with Crippen LogP contribution < -0.4 is 16.2 Å². The second-order valence-electron chi connectivity index (χ2n) is 10.8. The summed E-state index contributed by atoms with van der Waals surface area (Å²) >= 11 is 1.45. The molecule has 0 saturated carbocycles. The molecule has 1 aromatic heterocycles. The van der Waals surface area contributed by atoms with Gasteiger partial charge >= 0.3 is 0 Å². The molecule has 0 saturated heterocycles. The summed E-state index contributed by atoms with van der Waals surface area (Å²) in [5.41, 5.74) is 0.564. The number of anilines is 1. The largest absolute Gasteiger partial charge is 0.633 e. The van der Waals surface area contributed by atoms with E-state index in [4.69, 9.17) is 0 Å². The van der Waals surface area contributed by atoms with Gasteiger partial charge in [0.15, 0.2) is 10.9 Å². The highest BCUT2D eigenvalue weighted by Crippen LogP contribution is 2.47. The van der Waals surface area contributed by atoms with Gasteiger partial charge in [-0.1, -0.05) is 12.1 Å². The van der Waals surface area contributed by atoms with Crippen LogP contribution in [-0.2, 0) is 6.54 Å². The van der Waals surface area contributed by atoms with Gasteiger partial charge in [-0.15, -0.1) is 11.3 Å². The molecule has 0 aliphatic carbocycles. The molecule has 10 nitrogen and oxygen atoms in total. The average molecular weight is 551 g/mol. The standard InChI is InChI=1S/C28H30N4O6S/c1-31(2,37)13-11-29-16-15-21-26(30(12-14-32(3,4)38)17-7-5-6-8-20(17)39-21)25-22(16)27(35)23-18(33)9-10-19(34)24(23)28(25)36/h5-10,15,29,35-36H,11-14H2,1-4H3. The van der Waals surface area contributed by atoms with E-state index in [1.54, 1.807) is 14.1 Å². The minimum Gasteiger partial charge on any atom is -0.633 e. The SMILES string of the molecule is C[N+](C)([O-])CCNc1cc2sc3ccccc3n(CC[N+](C)(C)[O-])c2c2c(O)c3c(=O)ccc(=O)c3c(O)c12. The van der Waals surface area contributed by atoms with Gasteiger partial charge in [-0.25, -0.2) is 0 Å². The molecule has 0 atom stereocenters. The number of para-hydroxylation sites is 1. The van der Waals surface area contributed by atoms with Gasteiger partial charge in [0.25, 0.3) is 0 Å². The number of rotatable bonds is 7. The molecular formula is C28H30N4O6S. The summed E-state index contributed by atoms with van der Waals surface area (Å²) < 4.78 is 2.47. The molecule has 11 heteroatoms. The first-order valence-electron chi connectivity index (χ1n) is 12.5. The minimum atomic E-state index is -0.595. The van der Waals surface area contributed by atoms with Gasteiger partial charge in [-0.2, -0.15) is 0 Å². The lowest BCUT2D eigenvalue weighted by Gasteiger charge is -2.34. The monoisotopic (exact) mass is 550 g/mol. The number of likely N-dealkylation sites (N-methyl/N-ethyl adjacent to an activating group) is 2. The zero-order valence-corrected chi connectivity index (χ0v) is 23.0. The lowest BCUT2D eigenvalue weighted by atomic mass is 9.97. The van der Waals surface area contributed by atoms with Crippen LogP contribution in [0.2, 0.25) is 0 Å². The van der Waals surface area contributed by atoms with Crippen molar-refractivity contribution in [2.24, 2.45) is 0 Å². The minimum absolute atomic E-state index is 0.165. The third-order valence-corrected chi connectivity index (χ3v) is 7.91. The van der Waals surface area contributed by atoms with E-state index in [0.717, 1.165) is 27.0 Å². The molecule has 0 fully saturated rings. The molecule has 39 heavy (non-hydrogen) atoms. The number of phenols is 2. The van der Waals surface area contributed by atoms with E-state index in [1.807, 2.05) is 34.9 Å². The van der Waals surface area contributed by atoms with E-state index in [2.05, 4.69) is 5.32 Å². The van der Waals surface area contributed by atoms with E-state index in [-0.39, 0.29) is 47.7 Å². The van der Waals surface area contributed by atoms with E-state index < -0.39 is 31.6 Å². The van der Waals surface area contributed by atoms with Crippen LogP contribution in [0.1, 0.15) is 0 Å². The van der Waals surface area contributed by atoms with Crippen molar-refractivity contribution in [3.63, 3.8) is 0 Å². The molecule has 0 aliphatic rings. The molecule has 0 spiro atoms. The quantitative estimate of drug-likeness (QED) is 0.0920. The van der Waals surface area contributed by atoms with Crippen LogP contribution in [0.25, 0.3) is 42.0 Å². The number of phenolic OH excluding ortho intramolecular Hbond substituents is 2. The van der Waals surface area contributed by atoms with Gasteiger partial charge in [-0.3, -0.25) is 9.59 Å². The van der Waals surface area contributed by atoms with Gasteiger partial charge in [0, 0.05) is 5.69 Å². The van der Waals surface area contributed by atoms with E-state index in [1.165, 1.54) is 25.4 Å². The van der Waals surface area contributed by atoms with Crippen LogP contribution in [-0.4, -0.2) is 71.9 Å². The third kappa shape index (κ3) is 4.90. The molecule has 204 valence electrons. The lowest BCUT2D eigenvalue weighted by molar-refractivity contribution is -0.840. The van der Waals surface area contributed by atoms with Gasteiger partial charge in [0.2, 0.25) is 0 Å². The summed E-state index contributed by atoms with van der Waals surface area (Å²) in [6.07, 6.45) is 0. The number of aromatic nitrogens is 1. The van der Waals surface area contributed by atoms with E-state index in [0.29, 0.717) is 11.2 Å². The molecule has 5 rings (SSSR count). The van der Waals surface area contributed by atoms with Crippen LogP contribution in [0.15, 0.2) is 52.1 Å². The first-order valence-corrected chi connectivity index (χ1v) is 13.3. The Morgan fingerprint density at radius 1 is 0.821 bits per heavy atom. The second kappa shape index (κ2) is 9.47. The average Bonchev–Trinajstić information content (AvgIpc) is 2.84. The Morgan fingerprint density at radius 3 is 2.03 bits per heavy atom. The predicted octanol–water partition coefficient (Wildman–Crippen LogP) is 3.85. The maximum Gasteiger partial charge on any atom is 0.190 e. The number of hydrogen-bond donors (Lipinski definition) is 3. The first-order chi connectivity index (χ1) is 18.3. The normalized spacial score (nSPS) is 12.7. The lowest BCUT2D eigenvalue weighted by Crippen LogP contribution is -2.36. The molecular weight excluding hydrogens is 520 g/mol. The molecule has 4 aromatic carbocycles. The molecule has 0 aliphatic heterocycles. The molecule has 0 bridgehead atoms. The van der Waals surface area contributed by atoms with Gasteiger partial charge in [0.05, 0.1) is 96.3 Å². The Labute approximate surface area is 227 Å². The number of nitrogens with one attached hydrogen (secondary N) is 1. The number of hydroxylamine groups is 6. The zero-order chi connectivity index (χ0) is 28.3. The molecule has 1 heterocycles. The highest BCUT2D eigenvalue weighted by Gasteiger charge is 2.25. The summed E-state index contributed by atoms with van der Waals surface area (Å²) in [5.74, 6) is -0.841. The molecule has 5 aromatic rings. The number of aromatic hydroxyl groups is 2. The smallest absolute Gasteiger partial charge is 0.190 e. The summed E-state index contributed by atoms with van der Waals surface area (Å²) in [7, 11) is 6.12. The van der Waals surface area contributed by atoms with Crippen molar-refractivity contribution in [2.75, 3.05) is 53.1 Å². The highest BCUT2D eigenvalue weighted by molar-refractivity contribution is 7.24. The molecule has 3 N–H and O–H groups in total. The van der Waals surface area contributed by atoms with E-state index in [9.17, 15) is 30.2 Å². The molecule has 0 amide bonds. The predicted molar refractivity (Wildman–Crippen MR) is 157 cm³/mol. The highest BCUT2D eigenvalue weighted by atomic mass is 32.1. The molecule has 0 unspecified atom stereocenters. The molecule has 0 radical (unpaired) electrons. The summed E-state index contributed by atoms with van der Waals surface area (Å²) in [6.45, 7) is 0.972. The number of nitrogens with zero attached hydrogens (tertiary/aromatic N) is 3. The van der Waals surface area contributed by atoms with Crippen molar-refractivity contribution < 1.29 is 19.5 Å². The Bertz CT molecular complexity index is 1880. The third-order valence-electron chi connectivity index (χ3n) is 6.81. The fourth-order valence-electron chi connectivity index (χ4n) is 4.93. The number of benzene rings is 4. The van der Waals surface area contributed by atoms with Crippen LogP contribution in [0.5, 0.6) is 11.5 Å². The van der Waals surface area contributed by atoms with Crippen molar-refractivity contribution in [1.29, 1.82) is 0 Å². The van der Waals surface area contributed by atoms with Crippen molar-refractivity contribution in [3.8, 4) is 11.5 Å². The van der Waals surface area contributed by atoms with Gasteiger partial charge in [-0.05, 0) is 30.3 Å². The Balaban J connectivity index is 1.98. The van der Waals surface area contributed by atoms with Crippen molar-refractivity contribution in [3.05, 3.63) is 73.3 Å². The van der Waals surface area contributed by atoms with E-state index >= 15 is 0 Å². The van der Waals surface area contributed by atoms with Crippen LogP contribution in [0.3, 0.4) is 0 Å². The maximum atomic E-state index is 12.9. The Hall–Kier alpha value is -3.74. The Kier molecular flexibility index (Phi) is 6.52. The number of hydrogen-bond acceptors (Lipinski definition) is 8. The number of quaternary nitrogens is 2. The fraction of sp³-hybridized carbons (Fsp3) is 0.286. The van der Waals surface area contributed by atoms with Crippen LogP contribution >= 0.6 is 11.3 Å². The second-order valence-corrected chi connectivity index (χ2v) is 11.9. The fourth-order valence-corrected chi connectivity index (χ4v) is 6.08. The summed E-state index contributed by atoms with van der Waals surface area (Å²) in [4.78, 5) is 25.7. The first kappa shape index (κ1) is 26.9. The van der Waals surface area contributed by atoms with Crippen molar-refractivity contribution in [2.45, 2.75) is 6.54 Å². The maximum absolute atomic E-state index is 12.9. The summed E-state index contributed by atoms with van der Waals surface area (Å²) in [5, 5.41) is 50.9. The summed E-state index contributed by atoms with van der Waals surface area (Å²) in [6, 6.07) is 11.6. The van der Waals surface area contributed by atoms with Gasteiger partial charge < -0.3 is 39.8 Å². The van der Waals surface area contributed by atoms with Crippen LogP contribution in [0.4, 0.5) is 5.69 Å². The topological polar surface area (TPSA) is 138 Å².